The number of hydroxylamine groups is 2. The van der Waals surface area contributed by atoms with Crippen LogP contribution in [0.1, 0.15) is 19.3 Å². The molecule has 5 N–H and O–H groups in total. The zero-order chi connectivity index (χ0) is 18.8. The normalized spacial score (nSPS) is 13.4. The van der Waals surface area contributed by atoms with E-state index in [4.69, 9.17) is 5.73 Å². The second-order valence-electron chi connectivity index (χ2n) is 4.90. The summed E-state index contributed by atoms with van der Waals surface area (Å²) in [6.45, 7) is -1.02. The van der Waals surface area contributed by atoms with Crippen LogP contribution in [0.25, 0.3) is 0 Å². The number of nitrogens with zero attached hydrogens (tertiary/aromatic N) is 1. The molecule has 0 aromatic rings. The second-order valence-corrected chi connectivity index (χ2v) is 4.90. The van der Waals surface area contributed by atoms with Crippen LogP contribution in [0, 0.1) is 0 Å². The van der Waals surface area contributed by atoms with E-state index in [0.29, 0.717) is 5.06 Å². The molecule has 5 amide bonds. The lowest BCUT2D eigenvalue weighted by Gasteiger charge is -2.12. The van der Waals surface area contributed by atoms with Crippen LogP contribution in [-0.4, -0.2) is 66.7 Å². The molecule has 1 saturated heterocycles. The highest BCUT2D eigenvalue weighted by Crippen LogP contribution is 2.12. The molecule has 0 unspecified atom stereocenters. The summed E-state index contributed by atoms with van der Waals surface area (Å²) in [5.41, 5.74) is 5.04. The van der Waals surface area contributed by atoms with Crippen LogP contribution in [0.5, 0.6) is 0 Å². The van der Waals surface area contributed by atoms with Gasteiger partial charge in [0, 0.05) is 19.4 Å². The molecule has 1 rings (SSSR count). The molecule has 25 heavy (non-hydrogen) atoms. The smallest absolute Gasteiger partial charge is 0.334 e. The van der Waals surface area contributed by atoms with Crippen LogP contribution in [0.4, 0.5) is 0 Å². The van der Waals surface area contributed by atoms with Gasteiger partial charge >= 0.3 is 5.97 Å². The van der Waals surface area contributed by atoms with E-state index in [0.717, 1.165) is 0 Å². The van der Waals surface area contributed by atoms with Crippen molar-refractivity contribution in [3.05, 3.63) is 0 Å². The first-order chi connectivity index (χ1) is 11.8. The molecule has 0 spiro atoms. The molecule has 0 aromatic heterocycles. The molecule has 1 aliphatic heterocycles. The SMILES string of the molecule is NCC(=O)NCC(=O)NCC(=O)NCCC(=O)ON1C(=O)CCC1=O. The number of amides is 5. The fraction of sp³-hybridized carbons (Fsp3) is 0.538. The Morgan fingerprint density at radius 1 is 0.920 bits per heavy atom. The summed E-state index contributed by atoms with van der Waals surface area (Å²) in [5.74, 6) is -3.69. The van der Waals surface area contributed by atoms with E-state index in [1.807, 2.05) is 0 Å². The highest BCUT2D eigenvalue weighted by atomic mass is 16.7. The van der Waals surface area contributed by atoms with Crippen LogP contribution < -0.4 is 21.7 Å². The number of hydrogen-bond acceptors (Lipinski definition) is 8. The van der Waals surface area contributed by atoms with Gasteiger partial charge in [0.15, 0.2) is 0 Å². The standard InChI is InChI=1S/C13H19N5O7/c14-5-8(19)16-7-10(21)17-6-9(20)15-4-3-13(24)25-18-11(22)1-2-12(18)23/h1-7,14H2,(H,15,20)(H,16,19)(H,17,21). The number of imide groups is 1. The Bertz CT molecular complexity index is 561. The number of nitrogens with two attached hydrogens (primary N) is 1. The third-order valence-corrected chi connectivity index (χ3v) is 2.93. The topological polar surface area (TPSA) is 177 Å². The van der Waals surface area contributed by atoms with Crippen molar-refractivity contribution in [2.24, 2.45) is 5.73 Å². The summed E-state index contributed by atoms with van der Waals surface area (Å²) in [6, 6.07) is 0. The minimum Gasteiger partial charge on any atom is -0.354 e. The molecule has 138 valence electrons. The first-order valence-electron chi connectivity index (χ1n) is 7.40. The lowest BCUT2D eigenvalue weighted by Crippen LogP contribution is -2.43. The predicted molar refractivity (Wildman–Crippen MR) is 79.9 cm³/mol. The Balaban J connectivity index is 2.14. The fourth-order valence-corrected chi connectivity index (χ4v) is 1.66. The minimum absolute atomic E-state index is 0.00567. The fourth-order valence-electron chi connectivity index (χ4n) is 1.66. The number of hydrogen-bond donors (Lipinski definition) is 4. The highest BCUT2D eigenvalue weighted by molar-refractivity contribution is 6.01. The van der Waals surface area contributed by atoms with E-state index >= 15 is 0 Å². The van der Waals surface area contributed by atoms with E-state index in [9.17, 15) is 28.8 Å². The van der Waals surface area contributed by atoms with Crippen LogP contribution >= 0.6 is 0 Å². The zero-order valence-corrected chi connectivity index (χ0v) is 13.3. The molecule has 0 saturated carbocycles. The Labute approximate surface area is 142 Å². The summed E-state index contributed by atoms with van der Waals surface area (Å²) in [7, 11) is 0. The monoisotopic (exact) mass is 357 g/mol. The minimum atomic E-state index is -0.850. The molecule has 1 heterocycles. The molecule has 0 aliphatic carbocycles. The van der Waals surface area contributed by atoms with Crippen LogP contribution in [0.2, 0.25) is 0 Å². The van der Waals surface area contributed by atoms with E-state index in [1.54, 1.807) is 0 Å². The van der Waals surface area contributed by atoms with Crippen LogP contribution in [0.15, 0.2) is 0 Å². The third-order valence-electron chi connectivity index (χ3n) is 2.93. The average Bonchev–Trinajstić information content (AvgIpc) is 2.89. The summed E-state index contributed by atoms with van der Waals surface area (Å²) < 4.78 is 0. The summed E-state index contributed by atoms with van der Waals surface area (Å²) in [4.78, 5) is 72.2. The lowest BCUT2D eigenvalue weighted by atomic mass is 10.4. The molecule has 12 heteroatoms. The van der Waals surface area contributed by atoms with Crippen molar-refractivity contribution in [2.45, 2.75) is 19.3 Å². The van der Waals surface area contributed by atoms with Crippen LogP contribution in [0.3, 0.4) is 0 Å². The molecule has 0 atom stereocenters. The van der Waals surface area contributed by atoms with Gasteiger partial charge in [-0.05, 0) is 0 Å². The van der Waals surface area contributed by atoms with Crippen molar-refractivity contribution < 1.29 is 33.6 Å². The summed E-state index contributed by atoms with van der Waals surface area (Å²) >= 11 is 0. The molecule has 1 fully saturated rings. The quantitative estimate of drug-likeness (QED) is 0.304. The van der Waals surface area contributed by atoms with Gasteiger partial charge in [-0.3, -0.25) is 24.0 Å². The van der Waals surface area contributed by atoms with Gasteiger partial charge in [0.05, 0.1) is 26.1 Å². The average molecular weight is 357 g/mol. The van der Waals surface area contributed by atoms with E-state index in [1.165, 1.54) is 0 Å². The molecular weight excluding hydrogens is 338 g/mol. The Morgan fingerprint density at radius 3 is 2.00 bits per heavy atom. The van der Waals surface area contributed by atoms with Crippen molar-refractivity contribution in [1.29, 1.82) is 0 Å². The largest absolute Gasteiger partial charge is 0.354 e. The van der Waals surface area contributed by atoms with Gasteiger partial charge < -0.3 is 26.5 Å². The van der Waals surface area contributed by atoms with Gasteiger partial charge in [-0.25, -0.2) is 4.79 Å². The molecule has 12 nitrogen and oxygen atoms in total. The van der Waals surface area contributed by atoms with Gasteiger partial charge in [0.1, 0.15) is 0 Å². The zero-order valence-electron chi connectivity index (χ0n) is 13.3. The molecular formula is C13H19N5O7. The van der Waals surface area contributed by atoms with Crippen molar-refractivity contribution in [3.63, 3.8) is 0 Å². The van der Waals surface area contributed by atoms with Crippen molar-refractivity contribution in [3.8, 4) is 0 Å². The molecule has 0 bridgehead atoms. The van der Waals surface area contributed by atoms with Gasteiger partial charge in [0.25, 0.3) is 11.8 Å². The van der Waals surface area contributed by atoms with Crippen molar-refractivity contribution >= 4 is 35.5 Å². The molecule has 1 aliphatic rings. The van der Waals surface area contributed by atoms with Gasteiger partial charge in [-0.15, -0.1) is 5.06 Å². The summed E-state index contributed by atoms with van der Waals surface area (Å²) in [5, 5.41) is 7.24. The Kier molecular flexibility index (Phi) is 7.99. The van der Waals surface area contributed by atoms with Gasteiger partial charge in [-0.1, -0.05) is 0 Å². The van der Waals surface area contributed by atoms with Gasteiger partial charge in [0.2, 0.25) is 17.7 Å². The maximum absolute atomic E-state index is 11.5. The Hall–Kier alpha value is -3.02. The molecule has 0 radical (unpaired) electrons. The molecule has 0 aromatic carbocycles. The van der Waals surface area contributed by atoms with E-state index in [2.05, 4.69) is 20.8 Å². The maximum atomic E-state index is 11.5. The maximum Gasteiger partial charge on any atom is 0.334 e. The number of nitrogens with one attached hydrogen (secondary N) is 3. The third kappa shape index (κ3) is 7.39. The number of carbonyl (C=O) groups is 6. The van der Waals surface area contributed by atoms with Gasteiger partial charge in [-0.2, -0.15) is 0 Å². The van der Waals surface area contributed by atoms with E-state index < -0.39 is 35.5 Å². The number of rotatable bonds is 9. The predicted octanol–water partition coefficient (Wildman–Crippen LogP) is -3.71. The number of carbonyl (C=O) groups excluding carboxylic acids is 6. The van der Waals surface area contributed by atoms with Crippen LogP contribution in [-0.2, 0) is 33.6 Å². The first kappa shape index (κ1) is 20.0. The lowest BCUT2D eigenvalue weighted by molar-refractivity contribution is -0.197. The Morgan fingerprint density at radius 2 is 1.44 bits per heavy atom. The summed E-state index contributed by atoms with van der Waals surface area (Å²) in [6.07, 6.45) is -0.272. The highest BCUT2D eigenvalue weighted by Gasteiger charge is 2.32. The first-order valence-corrected chi connectivity index (χ1v) is 7.40. The van der Waals surface area contributed by atoms with E-state index in [-0.39, 0.29) is 45.4 Å². The van der Waals surface area contributed by atoms with Crippen molar-refractivity contribution in [2.75, 3.05) is 26.2 Å². The van der Waals surface area contributed by atoms with Crippen molar-refractivity contribution in [1.82, 2.24) is 21.0 Å². The second kappa shape index (κ2) is 9.97.